The van der Waals surface area contributed by atoms with Gasteiger partial charge in [-0.15, -0.1) is 10.2 Å². The van der Waals surface area contributed by atoms with Crippen LogP contribution in [0.4, 0.5) is 17.5 Å². The highest BCUT2D eigenvalue weighted by Gasteiger charge is 2.15. The molecule has 10 nitrogen and oxygen atoms in total. The maximum atomic E-state index is 9.81. The molecule has 4 N–H and O–H groups in total. The molecule has 0 aliphatic rings. The molecule has 0 saturated heterocycles. The highest BCUT2D eigenvalue weighted by molar-refractivity contribution is 6.01. The van der Waals surface area contributed by atoms with E-state index in [4.69, 9.17) is 10.5 Å². The van der Waals surface area contributed by atoms with Gasteiger partial charge in [-0.1, -0.05) is 48.5 Å². The normalized spacial score (nSPS) is 10.9. The van der Waals surface area contributed by atoms with E-state index in [0.717, 1.165) is 21.9 Å². The second kappa shape index (κ2) is 10.5. The SMILES string of the molecule is Nc1nccc(-c2cccnc2Oc2ccc(Nc3nnc(-c4ccccc4CO)c4ccccc34)cn2)n1. The van der Waals surface area contributed by atoms with E-state index in [2.05, 4.69) is 35.5 Å². The van der Waals surface area contributed by atoms with Crippen molar-refractivity contribution in [3.05, 3.63) is 103 Å². The predicted octanol–water partition coefficient (Wildman–Crippen LogP) is 5.15. The molecule has 39 heavy (non-hydrogen) atoms. The first-order chi connectivity index (χ1) is 19.2. The molecule has 190 valence electrons. The van der Waals surface area contributed by atoms with Crippen molar-refractivity contribution in [2.75, 3.05) is 11.1 Å². The quantitative estimate of drug-likeness (QED) is 0.261. The molecule has 0 saturated carbocycles. The van der Waals surface area contributed by atoms with Gasteiger partial charge >= 0.3 is 0 Å². The van der Waals surface area contributed by atoms with Gasteiger partial charge in [-0.3, -0.25) is 0 Å². The van der Waals surface area contributed by atoms with Gasteiger partial charge in [-0.2, -0.15) is 0 Å². The summed E-state index contributed by atoms with van der Waals surface area (Å²) in [5.41, 5.74) is 10.0. The minimum Gasteiger partial charge on any atom is -0.420 e. The number of hydrogen-bond acceptors (Lipinski definition) is 10. The number of rotatable bonds is 7. The Morgan fingerprint density at radius 3 is 2.41 bits per heavy atom. The number of nitrogens with two attached hydrogens (primary N) is 1. The Bertz CT molecular complexity index is 1780. The van der Waals surface area contributed by atoms with E-state index in [1.54, 1.807) is 36.8 Å². The van der Waals surface area contributed by atoms with Crippen LogP contribution in [0.1, 0.15) is 5.56 Å². The number of nitrogen functional groups attached to an aromatic ring is 1. The van der Waals surface area contributed by atoms with Gasteiger partial charge in [0, 0.05) is 34.8 Å². The fraction of sp³-hybridized carbons (Fsp3) is 0.0345. The summed E-state index contributed by atoms with van der Waals surface area (Å²) >= 11 is 0. The highest BCUT2D eigenvalue weighted by Crippen LogP contribution is 2.33. The molecule has 0 unspecified atom stereocenters. The molecule has 0 aliphatic carbocycles. The molecular formula is C29H22N8O2. The van der Waals surface area contributed by atoms with Gasteiger partial charge in [0.25, 0.3) is 0 Å². The average Bonchev–Trinajstić information content (AvgIpc) is 2.98. The zero-order valence-corrected chi connectivity index (χ0v) is 20.6. The fourth-order valence-electron chi connectivity index (χ4n) is 4.23. The van der Waals surface area contributed by atoms with Crippen LogP contribution in [0.3, 0.4) is 0 Å². The lowest BCUT2D eigenvalue weighted by atomic mass is 10.0. The number of aromatic nitrogens is 6. The van der Waals surface area contributed by atoms with E-state index in [9.17, 15) is 5.11 Å². The van der Waals surface area contributed by atoms with Crippen molar-refractivity contribution in [1.29, 1.82) is 0 Å². The van der Waals surface area contributed by atoms with Crippen LogP contribution in [-0.2, 0) is 6.61 Å². The Balaban J connectivity index is 1.27. The van der Waals surface area contributed by atoms with Crippen LogP contribution in [0.25, 0.3) is 33.3 Å². The minimum absolute atomic E-state index is 0.0839. The van der Waals surface area contributed by atoms with Crippen molar-refractivity contribution in [2.24, 2.45) is 0 Å². The molecule has 2 aromatic carbocycles. The average molecular weight is 515 g/mol. The molecule has 6 rings (SSSR count). The van der Waals surface area contributed by atoms with E-state index in [1.165, 1.54) is 0 Å². The Labute approximate surface area is 223 Å². The molecule has 0 amide bonds. The summed E-state index contributed by atoms with van der Waals surface area (Å²) in [6.45, 7) is -0.0839. The smallest absolute Gasteiger partial charge is 0.230 e. The number of nitrogens with one attached hydrogen (secondary N) is 1. The second-order valence-corrected chi connectivity index (χ2v) is 8.53. The molecule has 6 aromatic rings. The molecule has 0 spiro atoms. The van der Waals surface area contributed by atoms with E-state index in [-0.39, 0.29) is 12.6 Å². The number of pyridine rings is 2. The topological polar surface area (TPSA) is 145 Å². The molecule has 0 radical (unpaired) electrons. The number of ether oxygens (including phenoxy) is 1. The molecule has 0 bridgehead atoms. The van der Waals surface area contributed by atoms with Gasteiger partial charge in [0.1, 0.15) is 5.69 Å². The van der Waals surface area contributed by atoms with Gasteiger partial charge in [0.15, 0.2) is 5.82 Å². The Morgan fingerprint density at radius 2 is 1.59 bits per heavy atom. The van der Waals surface area contributed by atoms with Gasteiger partial charge in [0.05, 0.1) is 29.7 Å². The zero-order chi connectivity index (χ0) is 26.6. The molecule has 0 aliphatic heterocycles. The lowest BCUT2D eigenvalue weighted by Gasteiger charge is -2.13. The molecular weight excluding hydrogens is 492 g/mol. The van der Waals surface area contributed by atoms with Crippen LogP contribution in [0.2, 0.25) is 0 Å². The number of fused-ring (bicyclic) bond motifs is 1. The number of anilines is 3. The van der Waals surface area contributed by atoms with Crippen LogP contribution in [0.15, 0.2) is 97.5 Å². The predicted molar refractivity (Wildman–Crippen MR) is 148 cm³/mol. The molecule has 10 heteroatoms. The Hall–Kier alpha value is -5.48. The zero-order valence-electron chi connectivity index (χ0n) is 20.6. The second-order valence-electron chi connectivity index (χ2n) is 8.53. The highest BCUT2D eigenvalue weighted by atomic mass is 16.5. The van der Waals surface area contributed by atoms with Crippen LogP contribution in [0.5, 0.6) is 11.8 Å². The third-order valence-corrected chi connectivity index (χ3v) is 6.05. The third kappa shape index (κ3) is 4.91. The largest absolute Gasteiger partial charge is 0.420 e. The molecule has 4 aromatic heterocycles. The standard InChI is InChI=1S/C29H22N8O2/c30-29-32-15-13-24(35-29)23-10-5-14-31-28(23)39-25-12-11-19(16-33-25)34-27-22-9-4-3-8-21(22)26(36-37-27)20-7-2-1-6-18(20)17-38/h1-16,38H,17H2,(H,34,37)(H2,30,32,35). The van der Waals surface area contributed by atoms with Gasteiger partial charge < -0.3 is 20.9 Å². The maximum absolute atomic E-state index is 9.81. The van der Waals surface area contributed by atoms with Crippen molar-refractivity contribution in [3.63, 3.8) is 0 Å². The van der Waals surface area contributed by atoms with Crippen LogP contribution >= 0.6 is 0 Å². The lowest BCUT2D eigenvalue weighted by Crippen LogP contribution is -2.01. The van der Waals surface area contributed by atoms with Crippen LogP contribution in [0, 0.1) is 0 Å². The number of benzene rings is 2. The Morgan fingerprint density at radius 1 is 0.769 bits per heavy atom. The molecule has 0 atom stereocenters. The summed E-state index contributed by atoms with van der Waals surface area (Å²) in [7, 11) is 0. The van der Waals surface area contributed by atoms with E-state index in [0.29, 0.717) is 40.2 Å². The van der Waals surface area contributed by atoms with Crippen molar-refractivity contribution >= 4 is 28.2 Å². The summed E-state index contributed by atoms with van der Waals surface area (Å²) in [4.78, 5) is 17.0. The molecule has 0 fully saturated rings. The van der Waals surface area contributed by atoms with Crippen molar-refractivity contribution in [3.8, 4) is 34.3 Å². The van der Waals surface area contributed by atoms with Gasteiger partial charge in [0.2, 0.25) is 17.7 Å². The number of hydrogen-bond donors (Lipinski definition) is 3. The van der Waals surface area contributed by atoms with Crippen molar-refractivity contribution in [2.45, 2.75) is 6.61 Å². The maximum Gasteiger partial charge on any atom is 0.230 e. The lowest BCUT2D eigenvalue weighted by molar-refractivity contribution is 0.282. The van der Waals surface area contributed by atoms with Crippen molar-refractivity contribution < 1.29 is 9.84 Å². The van der Waals surface area contributed by atoms with Crippen molar-refractivity contribution in [1.82, 2.24) is 30.1 Å². The van der Waals surface area contributed by atoms with E-state index in [1.807, 2.05) is 60.7 Å². The summed E-state index contributed by atoms with van der Waals surface area (Å²) in [6.07, 6.45) is 4.86. The minimum atomic E-state index is -0.0839. The first-order valence-corrected chi connectivity index (χ1v) is 12.1. The van der Waals surface area contributed by atoms with Crippen LogP contribution in [-0.4, -0.2) is 35.2 Å². The first kappa shape index (κ1) is 23.9. The van der Waals surface area contributed by atoms with E-state index >= 15 is 0 Å². The number of aliphatic hydroxyl groups excluding tert-OH is 1. The summed E-state index contributed by atoms with van der Waals surface area (Å²) in [5.74, 6) is 1.45. The number of aliphatic hydroxyl groups is 1. The monoisotopic (exact) mass is 514 g/mol. The third-order valence-electron chi connectivity index (χ3n) is 6.05. The molecule has 4 heterocycles. The Kier molecular flexibility index (Phi) is 6.42. The van der Waals surface area contributed by atoms with Gasteiger partial charge in [-0.25, -0.2) is 19.9 Å². The summed E-state index contributed by atoms with van der Waals surface area (Å²) < 4.78 is 5.97. The number of nitrogens with zero attached hydrogens (tertiary/aromatic N) is 6. The van der Waals surface area contributed by atoms with Gasteiger partial charge in [-0.05, 0) is 29.8 Å². The van der Waals surface area contributed by atoms with Crippen LogP contribution < -0.4 is 15.8 Å². The summed E-state index contributed by atoms with van der Waals surface area (Å²) in [5, 5.41) is 23.9. The summed E-state index contributed by atoms with van der Waals surface area (Å²) in [6, 6.07) is 24.4. The first-order valence-electron chi connectivity index (χ1n) is 12.1. The fourth-order valence-corrected chi connectivity index (χ4v) is 4.23. The van der Waals surface area contributed by atoms with E-state index < -0.39 is 0 Å².